The van der Waals surface area contributed by atoms with Gasteiger partial charge in [0.2, 0.25) is 0 Å². The summed E-state index contributed by atoms with van der Waals surface area (Å²) in [6.45, 7) is 1.05. The van der Waals surface area contributed by atoms with Crippen molar-refractivity contribution in [3.63, 3.8) is 0 Å². The molecule has 0 aromatic heterocycles. The summed E-state index contributed by atoms with van der Waals surface area (Å²) in [6.07, 6.45) is 4.28. The Hall–Kier alpha value is -0.930. The van der Waals surface area contributed by atoms with Crippen LogP contribution < -0.4 is 5.73 Å². The average Bonchev–Trinajstić information content (AvgIpc) is 2.82. The van der Waals surface area contributed by atoms with Crippen LogP contribution in [0.5, 0.6) is 0 Å². The van der Waals surface area contributed by atoms with Crippen LogP contribution in [-0.2, 0) is 16.8 Å². The van der Waals surface area contributed by atoms with E-state index in [1.54, 1.807) is 19.2 Å². The maximum absolute atomic E-state index is 14.0. The molecule has 1 fully saturated rings. The van der Waals surface area contributed by atoms with E-state index in [1.807, 2.05) is 6.07 Å². The van der Waals surface area contributed by atoms with Gasteiger partial charge in [-0.15, -0.1) is 0 Å². The lowest BCUT2D eigenvalue weighted by atomic mass is 9.78. The predicted molar refractivity (Wildman–Crippen MR) is 66.3 cm³/mol. The summed E-state index contributed by atoms with van der Waals surface area (Å²) >= 11 is 0. The molecule has 0 heterocycles. The van der Waals surface area contributed by atoms with E-state index in [4.69, 9.17) is 10.5 Å². The van der Waals surface area contributed by atoms with Gasteiger partial charge in [0.15, 0.2) is 0 Å². The van der Waals surface area contributed by atoms with E-state index >= 15 is 0 Å². The van der Waals surface area contributed by atoms with Crippen molar-refractivity contribution in [3.8, 4) is 0 Å². The Kier molecular flexibility index (Phi) is 3.79. The summed E-state index contributed by atoms with van der Waals surface area (Å²) in [6, 6.07) is 5.25. The molecule has 17 heavy (non-hydrogen) atoms. The Balaban J connectivity index is 2.38. The van der Waals surface area contributed by atoms with Crippen LogP contribution in [0.4, 0.5) is 4.39 Å². The minimum Gasteiger partial charge on any atom is -0.380 e. The number of nitrogens with two attached hydrogens (primary N) is 1. The molecule has 0 spiro atoms. The normalized spacial score (nSPS) is 18.5. The van der Waals surface area contributed by atoms with Gasteiger partial charge >= 0.3 is 0 Å². The highest BCUT2D eigenvalue weighted by Crippen LogP contribution is 2.41. The van der Waals surface area contributed by atoms with Gasteiger partial charge in [-0.1, -0.05) is 18.9 Å². The molecule has 0 saturated heterocycles. The summed E-state index contributed by atoms with van der Waals surface area (Å²) in [7, 11) is 1.65. The van der Waals surface area contributed by atoms with Crippen LogP contribution in [0.3, 0.4) is 0 Å². The van der Waals surface area contributed by atoms with Crippen molar-refractivity contribution in [1.29, 1.82) is 0 Å². The fraction of sp³-hybridized carbons (Fsp3) is 0.571. The van der Waals surface area contributed by atoms with Crippen LogP contribution in [0, 0.1) is 5.82 Å². The SMILES string of the molecule is COCc1ccc(F)c(C2(CN)CCCC2)c1. The molecule has 3 heteroatoms. The first-order valence-corrected chi connectivity index (χ1v) is 6.20. The fourth-order valence-electron chi connectivity index (χ4n) is 2.87. The first-order chi connectivity index (χ1) is 8.22. The van der Waals surface area contributed by atoms with Gasteiger partial charge in [-0.2, -0.15) is 0 Å². The first-order valence-electron chi connectivity index (χ1n) is 6.20. The zero-order valence-corrected chi connectivity index (χ0v) is 10.3. The maximum Gasteiger partial charge on any atom is 0.127 e. The highest BCUT2D eigenvalue weighted by atomic mass is 19.1. The highest BCUT2D eigenvalue weighted by molar-refractivity contribution is 5.33. The zero-order valence-electron chi connectivity index (χ0n) is 10.3. The molecule has 2 N–H and O–H groups in total. The molecule has 1 aromatic carbocycles. The molecule has 1 aliphatic carbocycles. The van der Waals surface area contributed by atoms with Crippen molar-refractivity contribution in [2.75, 3.05) is 13.7 Å². The van der Waals surface area contributed by atoms with Gasteiger partial charge in [-0.3, -0.25) is 0 Å². The molecular formula is C14H20FNO. The van der Waals surface area contributed by atoms with Gasteiger partial charge in [-0.05, 0) is 36.1 Å². The minimum absolute atomic E-state index is 0.128. The molecule has 94 valence electrons. The predicted octanol–water partition coefficient (Wildman–Crippen LogP) is 2.74. The molecule has 0 radical (unpaired) electrons. The number of hydrogen-bond donors (Lipinski definition) is 1. The summed E-state index contributed by atoms with van der Waals surface area (Å²) in [5, 5.41) is 0. The fourth-order valence-corrected chi connectivity index (χ4v) is 2.87. The van der Waals surface area contributed by atoms with Crippen molar-refractivity contribution >= 4 is 0 Å². The second kappa shape index (κ2) is 5.15. The summed E-state index contributed by atoms with van der Waals surface area (Å²) < 4.78 is 19.1. The van der Waals surface area contributed by atoms with Gasteiger partial charge in [0.25, 0.3) is 0 Å². The zero-order chi connectivity index (χ0) is 12.3. The Labute approximate surface area is 102 Å². The third-order valence-corrected chi connectivity index (χ3v) is 3.86. The van der Waals surface area contributed by atoms with Crippen molar-refractivity contribution in [1.82, 2.24) is 0 Å². The number of rotatable bonds is 4. The average molecular weight is 237 g/mol. The molecule has 1 aliphatic rings. The molecule has 0 atom stereocenters. The largest absolute Gasteiger partial charge is 0.380 e. The number of methoxy groups -OCH3 is 1. The number of benzene rings is 1. The monoisotopic (exact) mass is 237 g/mol. The Bertz CT molecular complexity index is 386. The Morgan fingerprint density at radius 2 is 2.06 bits per heavy atom. The number of hydrogen-bond acceptors (Lipinski definition) is 2. The highest BCUT2D eigenvalue weighted by Gasteiger charge is 2.36. The van der Waals surface area contributed by atoms with Crippen molar-refractivity contribution in [2.24, 2.45) is 5.73 Å². The topological polar surface area (TPSA) is 35.2 Å². The van der Waals surface area contributed by atoms with Gasteiger partial charge in [0.05, 0.1) is 6.61 Å². The second-order valence-electron chi connectivity index (χ2n) is 4.94. The molecule has 1 saturated carbocycles. The molecule has 2 rings (SSSR count). The van der Waals surface area contributed by atoms with Crippen LogP contribution >= 0.6 is 0 Å². The van der Waals surface area contributed by atoms with Crippen LogP contribution in [0.25, 0.3) is 0 Å². The molecule has 0 aliphatic heterocycles. The standard InChI is InChI=1S/C14H20FNO/c1-17-9-11-4-5-13(15)12(8-11)14(10-16)6-2-3-7-14/h4-5,8H,2-3,6-7,9-10,16H2,1H3. The van der Waals surface area contributed by atoms with Gasteiger partial charge in [-0.25, -0.2) is 4.39 Å². The minimum atomic E-state index is -0.145. The summed E-state index contributed by atoms with van der Waals surface area (Å²) in [4.78, 5) is 0. The molecule has 0 amide bonds. The quantitative estimate of drug-likeness (QED) is 0.874. The van der Waals surface area contributed by atoms with Crippen LogP contribution in [0.1, 0.15) is 36.8 Å². The van der Waals surface area contributed by atoms with E-state index in [0.717, 1.165) is 36.8 Å². The Morgan fingerprint density at radius 3 is 2.65 bits per heavy atom. The number of ether oxygens (including phenoxy) is 1. The number of halogens is 1. The van der Waals surface area contributed by atoms with Crippen LogP contribution in [0.2, 0.25) is 0 Å². The molecule has 2 nitrogen and oxygen atoms in total. The van der Waals surface area contributed by atoms with E-state index < -0.39 is 0 Å². The van der Waals surface area contributed by atoms with E-state index in [-0.39, 0.29) is 11.2 Å². The van der Waals surface area contributed by atoms with E-state index in [9.17, 15) is 4.39 Å². The molecule has 0 unspecified atom stereocenters. The van der Waals surface area contributed by atoms with Gasteiger partial charge in [0, 0.05) is 19.1 Å². The third kappa shape index (κ3) is 2.35. The van der Waals surface area contributed by atoms with Gasteiger partial charge < -0.3 is 10.5 Å². The molecular weight excluding hydrogens is 217 g/mol. The van der Waals surface area contributed by atoms with Gasteiger partial charge in [0.1, 0.15) is 5.82 Å². The smallest absolute Gasteiger partial charge is 0.127 e. The Morgan fingerprint density at radius 1 is 1.35 bits per heavy atom. The van der Waals surface area contributed by atoms with Crippen LogP contribution in [0.15, 0.2) is 18.2 Å². The van der Waals surface area contributed by atoms with Crippen LogP contribution in [-0.4, -0.2) is 13.7 Å². The van der Waals surface area contributed by atoms with Crippen molar-refractivity contribution in [3.05, 3.63) is 35.1 Å². The lowest BCUT2D eigenvalue weighted by Crippen LogP contribution is -2.33. The molecule has 1 aromatic rings. The van der Waals surface area contributed by atoms with Crippen molar-refractivity contribution < 1.29 is 9.13 Å². The lowest BCUT2D eigenvalue weighted by molar-refractivity contribution is 0.184. The lowest BCUT2D eigenvalue weighted by Gasteiger charge is -2.28. The van der Waals surface area contributed by atoms with E-state index in [2.05, 4.69) is 0 Å². The third-order valence-electron chi connectivity index (χ3n) is 3.86. The maximum atomic E-state index is 14.0. The van der Waals surface area contributed by atoms with Crippen molar-refractivity contribution in [2.45, 2.75) is 37.7 Å². The van der Waals surface area contributed by atoms with E-state index in [0.29, 0.717) is 13.2 Å². The first kappa shape index (κ1) is 12.5. The summed E-state index contributed by atoms with van der Waals surface area (Å²) in [5.41, 5.74) is 7.55. The second-order valence-corrected chi connectivity index (χ2v) is 4.94. The summed E-state index contributed by atoms with van der Waals surface area (Å²) in [5.74, 6) is -0.128. The molecule has 0 bridgehead atoms. The van der Waals surface area contributed by atoms with E-state index in [1.165, 1.54) is 0 Å².